The summed E-state index contributed by atoms with van der Waals surface area (Å²) in [4.78, 5) is 28.3. The third-order valence-electron chi connectivity index (χ3n) is 10.2. The highest BCUT2D eigenvalue weighted by atomic mass is 19.1. The molecule has 2 radical (unpaired) electrons. The van der Waals surface area contributed by atoms with Gasteiger partial charge in [-0.2, -0.15) is 0 Å². The number of nitrogen functional groups attached to an aromatic ring is 1. The van der Waals surface area contributed by atoms with Crippen molar-refractivity contribution in [1.82, 2.24) is 25.2 Å². The number of unbranched alkanes of at least 4 members (excludes halogenated alkanes) is 1. The molecular formula is C34H52BFN6O6. The second kappa shape index (κ2) is 15.3. The molecule has 3 heterocycles. The summed E-state index contributed by atoms with van der Waals surface area (Å²) < 4.78 is 35.5. The van der Waals surface area contributed by atoms with Gasteiger partial charge >= 0.3 is 5.97 Å². The van der Waals surface area contributed by atoms with E-state index in [-0.39, 0.29) is 18.4 Å². The van der Waals surface area contributed by atoms with Crippen LogP contribution in [-0.2, 0) is 30.3 Å². The van der Waals surface area contributed by atoms with Crippen LogP contribution >= 0.6 is 0 Å². The molecule has 264 valence electrons. The van der Waals surface area contributed by atoms with Gasteiger partial charge in [-0.05, 0) is 83.8 Å². The standard InChI is InChI=1S/C34H52BFN6O6/c1-8-28-34(6)29(22(3)38-19-21(2)18-32(4,46-7)26(35)17-27(43)33(5,36)30(44)47-28)42(31(45)48-34)15-10-9-14-41-20-25(39-40-41)23-12-11-13-24(37)16-23/h11-13,16,20-22,26,28-29,31,38,45H,8-10,14-15,17-19,37H2,1-7H3/t21-,22-,26-,28-,29-,31?,32-,33+,34-/m1/s1. The summed E-state index contributed by atoms with van der Waals surface area (Å²) in [5, 5.41) is 23.4. The number of Topliss-reactive ketones (excluding diaryl/α,β-unsaturated/α-hetero) is 1. The van der Waals surface area contributed by atoms with Crippen molar-refractivity contribution in [2.24, 2.45) is 5.92 Å². The maximum atomic E-state index is 15.9. The SMILES string of the molecule is [B][C@@H]1CC(=O)[C@](C)(F)C(=O)O[C@H](CC)[C@@]2(C)OC(O)N(CCCCn3cc(-c4cccc(N)c4)nn3)[C@@H]2[C@@H](C)NC[C@H](C)C[C@@]1(C)OC. The second-order valence-corrected chi connectivity index (χ2v) is 14.1. The lowest BCUT2D eigenvalue weighted by Crippen LogP contribution is -2.61. The Balaban J connectivity index is 1.54. The van der Waals surface area contributed by atoms with Crippen molar-refractivity contribution < 1.29 is 33.3 Å². The number of nitrogens with two attached hydrogens (primary N) is 1. The molecule has 0 amide bonds. The maximum absolute atomic E-state index is 15.9. The number of ketones is 1. The number of hydrogen-bond donors (Lipinski definition) is 3. The predicted octanol–water partition coefficient (Wildman–Crippen LogP) is 3.43. The molecule has 4 N–H and O–H groups in total. The van der Waals surface area contributed by atoms with Crippen molar-refractivity contribution in [2.75, 3.05) is 25.9 Å². The molecule has 0 spiro atoms. The molecule has 2 aliphatic rings. The van der Waals surface area contributed by atoms with Crippen molar-refractivity contribution in [3.05, 3.63) is 30.5 Å². The Bertz CT molecular complexity index is 1410. The van der Waals surface area contributed by atoms with Crippen LogP contribution in [0.5, 0.6) is 0 Å². The van der Waals surface area contributed by atoms with Crippen LogP contribution in [0.25, 0.3) is 11.3 Å². The molecule has 0 bridgehead atoms. The summed E-state index contributed by atoms with van der Waals surface area (Å²) in [6, 6.07) is 6.72. The molecule has 0 aliphatic carbocycles. The Labute approximate surface area is 284 Å². The average molecular weight is 671 g/mol. The lowest BCUT2D eigenvalue weighted by atomic mass is 9.67. The van der Waals surface area contributed by atoms with E-state index in [9.17, 15) is 14.7 Å². The number of aliphatic hydroxyl groups excluding tert-OH is 1. The zero-order valence-electron chi connectivity index (χ0n) is 29.3. The minimum atomic E-state index is -2.94. The number of anilines is 1. The molecule has 1 unspecified atom stereocenters. The molecule has 48 heavy (non-hydrogen) atoms. The Morgan fingerprint density at radius 2 is 1.92 bits per heavy atom. The normalized spacial score (nSPS) is 35.9. The van der Waals surface area contributed by atoms with Crippen LogP contribution in [0.1, 0.15) is 73.6 Å². The molecule has 2 fully saturated rings. The Kier molecular flexibility index (Phi) is 12.1. The molecular weight excluding hydrogens is 618 g/mol. The number of hydrogen-bond acceptors (Lipinski definition) is 11. The van der Waals surface area contributed by atoms with E-state index < -0.39 is 59.4 Å². The van der Waals surface area contributed by atoms with E-state index in [0.717, 1.165) is 24.6 Å². The van der Waals surface area contributed by atoms with Crippen molar-refractivity contribution in [3.63, 3.8) is 0 Å². The predicted molar refractivity (Wildman–Crippen MR) is 181 cm³/mol. The summed E-state index contributed by atoms with van der Waals surface area (Å²) in [7, 11) is 7.92. The summed E-state index contributed by atoms with van der Waals surface area (Å²) in [5.74, 6) is -3.09. The van der Waals surface area contributed by atoms with Crippen molar-refractivity contribution in [1.29, 1.82) is 0 Å². The number of fused-ring (bicyclic) bond motifs is 1. The van der Waals surface area contributed by atoms with Gasteiger partial charge in [0, 0.05) is 43.9 Å². The maximum Gasteiger partial charge on any atom is 0.351 e. The number of nitrogens with zero attached hydrogens (tertiary/aromatic N) is 4. The lowest BCUT2D eigenvalue weighted by molar-refractivity contribution is -0.210. The van der Waals surface area contributed by atoms with Gasteiger partial charge in [-0.1, -0.05) is 31.2 Å². The lowest BCUT2D eigenvalue weighted by Gasteiger charge is -2.42. The first-order valence-corrected chi connectivity index (χ1v) is 16.9. The van der Waals surface area contributed by atoms with Gasteiger partial charge in [0.2, 0.25) is 6.41 Å². The molecule has 1 aromatic heterocycles. The Morgan fingerprint density at radius 1 is 1.21 bits per heavy atom. The largest absolute Gasteiger partial charge is 0.457 e. The van der Waals surface area contributed by atoms with E-state index in [1.54, 1.807) is 25.5 Å². The van der Waals surface area contributed by atoms with Crippen LogP contribution in [0, 0.1) is 5.92 Å². The van der Waals surface area contributed by atoms with Crippen LogP contribution in [0.3, 0.4) is 0 Å². The highest BCUT2D eigenvalue weighted by Gasteiger charge is 2.58. The number of carbonyl (C=O) groups is 2. The van der Waals surface area contributed by atoms with Crippen LogP contribution in [0.2, 0.25) is 5.82 Å². The molecule has 4 rings (SSSR count). The third kappa shape index (κ3) is 8.10. The number of halogens is 1. The number of aryl methyl sites for hydroxylation is 1. The molecule has 0 saturated carbocycles. The quantitative estimate of drug-likeness (QED) is 0.125. The molecule has 12 nitrogen and oxygen atoms in total. The molecule has 9 atom stereocenters. The highest BCUT2D eigenvalue weighted by molar-refractivity contribution is 6.16. The van der Waals surface area contributed by atoms with Gasteiger partial charge in [0.1, 0.15) is 17.4 Å². The van der Waals surface area contributed by atoms with Crippen molar-refractivity contribution in [2.45, 2.75) is 127 Å². The van der Waals surface area contributed by atoms with E-state index in [1.165, 1.54) is 7.11 Å². The zero-order chi connectivity index (χ0) is 35.4. The summed E-state index contributed by atoms with van der Waals surface area (Å²) in [6.07, 6.45) is 1.35. The number of esters is 1. The second-order valence-electron chi connectivity index (χ2n) is 14.1. The highest BCUT2D eigenvalue weighted by Crippen LogP contribution is 2.41. The van der Waals surface area contributed by atoms with E-state index in [0.29, 0.717) is 38.2 Å². The average Bonchev–Trinajstić information content (AvgIpc) is 3.61. The van der Waals surface area contributed by atoms with Gasteiger partial charge in [0.15, 0.2) is 5.78 Å². The van der Waals surface area contributed by atoms with Crippen LogP contribution in [-0.4, -0.2) is 106 Å². The first kappa shape index (κ1) is 37.9. The van der Waals surface area contributed by atoms with E-state index >= 15 is 4.39 Å². The van der Waals surface area contributed by atoms with Gasteiger partial charge in [-0.15, -0.1) is 5.10 Å². The summed E-state index contributed by atoms with van der Waals surface area (Å²) >= 11 is 0. The van der Waals surface area contributed by atoms with E-state index in [2.05, 4.69) is 15.6 Å². The number of cyclic esters (lactones) is 1. The minimum absolute atomic E-state index is 0.0483. The fourth-order valence-electron chi connectivity index (χ4n) is 7.15. The molecule has 2 aliphatic heterocycles. The number of aromatic nitrogens is 3. The number of rotatable bonds is 8. The van der Waals surface area contributed by atoms with Crippen molar-refractivity contribution >= 4 is 25.3 Å². The van der Waals surface area contributed by atoms with Gasteiger partial charge in [-0.3, -0.25) is 9.48 Å². The van der Waals surface area contributed by atoms with E-state index in [4.69, 9.17) is 27.8 Å². The Hall–Kier alpha value is -2.91. The minimum Gasteiger partial charge on any atom is -0.457 e. The number of aliphatic hydroxyl groups is 1. The van der Waals surface area contributed by atoms with E-state index in [1.807, 2.05) is 49.2 Å². The number of benzene rings is 1. The fourth-order valence-corrected chi connectivity index (χ4v) is 7.15. The first-order valence-electron chi connectivity index (χ1n) is 16.9. The molecule has 1 aromatic carbocycles. The van der Waals surface area contributed by atoms with Crippen LogP contribution < -0.4 is 11.1 Å². The number of carbonyl (C=O) groups excluding carboxylic acids is 2. The summed E-state index contributed by atoms with van der Waals surface area (Å²) in [5.41, 5.74) is 3.05. The van der Waals surface area contributed by atoms with Gasteiger partial charge in [0.05, 0.1) is 25.7 Å². The van der Waals surface area contributed by atoms with Gasteiger partial charge < -0.3 is 30.4 Å². The number of nitrogens with one attached hydrogen (secondary N) is 1. The Morgan fingerprint density at radius 3 is 2.58 bits per heavy atom. The van der Waals surface area contributed by atoms with Crippen LogP contribution in [0.15, 0.2) is 30.5 Å². The molecule has 2 aromatic rings. The monoisotopic (exact) mass is 670 g/mol. The topological polar surface area (TPSA) is 154 Å². The fraction of sp³-hybridized carbons (Fsp3) is 0.706. The number of ether oxygens (including phenoxy) is 3. The van der Waals surface area contributed by atoms with Crippen molar-refractivity contribution in [3.8, 4) is 11.3 Å². The smallest absolute Gasteiger partial charge is 0.351 e. The third-order valence-corrected chi connectivity index (χ3v) is 10.2. The number of methoxy groups -OCH3 is 1. The molecule has 14 heteroatoms. The summed E-state index contributed by atoms with van der Waals surface area (Å²) in [6.45, 7) is 11.9. The number of alkyl halides is 1. The van der Waals surface area contributed by atoms with Gasteiger partial charge in [0.25, 0.3) is 5.67 Å². The van der Waals surface area contributed by atoms with Crippen LogP contribution in [0.4, 0.5) is 10.1 Å². The first-order chi connectivity index (χ1) is 22.5. The molecule has 2 saturated heterocycles. The zero-order valence-corrected chi connectivity index (χ0v) is 29.3. The van der Waals surface area contributed by atoms with Gasteiger partial charge in [-0.25, -0.2) is 14.1 Å².